The number of hydrogen-bond acceptors (Lipinski definition) is 4. The van der Waals surface area contributed by atoms with E-state index in [9.17, 15) is 9.59 Å². The maximum atomic E-state index is 12.0. The molecule has 1 unspecified atom stereocenters. The van der Waals surface area contributed by atoms with Gasteiger partial charge in [0, 0.05) is 18.4 Å². The summed E-state index contributed by atoms with van der Waals surface area (Å²) in [6.07, 6.45) is 0. The number of carbonyl (C=O) groups excluding carboxylic acids is 2. The third-order valence-corrected chi connectivity index (χ3v) is 3.26. The molecule has 4 nitrogen and oxygen atoms in total. The summed E-state index contributed by atoms with van der Waals surface area (Å²) in [5, 5.41) is 3.11. The van der Waals surface area contributed by atoms with Gasteiger partial charge < -0.3 is 11.1 Å². The molecule has 0 aliphatic rings. The highest BCUT2D eigenvalue weighted by molar-refractivity contribution is 5.87. The summed E-state index contributed by atoms with van der Waals surface area (Å²) in [6, 6.07) is -0.631. The van der Waals surface area contributed by atoms with E-state index in [-0.39, 0.29) is 35.4 Å². The van der Waals surface area contributed by atoms with Gasteiger partial charge in [-0.3, -0.25) is 9.59 Å². The molecular weight excluding hydrogens is 228 g/mol. The van der Waals surface area contributed by atoms with Crippen molar-refractivity contribution in [3.63, 3.8) is 0 Å². The third-order valence-electron chi connectivity index (χ3n) is 3.26. The number of Topliss-reactive ketones (excluding diaryl/α,β-unsaturated/α-hetero) is 2. The van der Waals surface area contributed by atoms with E-state index < -0.39 is 6.04 Å². The van der Waals surface area contributed by atoms with Crippen LogP contribution in [0.3, 0.4) is 0 Å². The number of nitrogens with one attached hydrogen (secondary N) is 1. The second kappa shape index (κ2) is 7.64. The minimum absolute atomic E-state index is 0.0106. The zero-order chi connectivity index (χ0) is 14.5. The molecule has 0 rings (SSSR count). The van der Waals surface area contributed by atoms with Crippen LogP contribution in [0.15, 0.2) is 0 Å². The molecule has 0 amide bonds. The van der Waals surface area contributed by atoms with Gasteiger partial charge in [-0.05, 0) is 12.8 Å². The minimum Gasteiger partial charge on any atom is -0.321 e. The quantitative estimate of drug-likeness (QED) is 0.688. The van der Waals surface area contributed by atoms with Crippen molar-refractivity contribution >= 4 is 11.6 Å². The van der Waals surface area contributed by atoms with E-state index in [2.05, 4.69) is 5.32 Å². The van der Waals surface area contributed by atoms with E-state index in [1.807, 2.05) is 41.5 Å². The molecule has 0 bridgehead atoms. The first kappa shape index (κ1) is 17.3. The van der Waals surface area contributed by atoms with Crippen LogP contribution in [0.2, 0.25) is 0 Å². The van der Waals surface area contributed by atoms with Crippen LogP contribution in [-0.2, 0) is 9.59 Å². The van der Waals surface area contributed by atoms with Crippen LogP contribution < -0.4 is 11.1 Å². The second-order valence-corrected chi connectivity index (χ2v) is 5.76. The Balaban J connectivity index is 4.22. The fourth-order valence-electron chi connectivity index (χ4n) is 1.71. The van der Waals surface area contributed by atoms with Gasteiger partial charge in [0.2, 0.25) is 0 Å². The lowest BCUT2D eigenvalue weighted by Gasteiger charge is -2.21. The monoisotopic (exact) mass is 256 g/mol. The van der Waals surface area contributed by atoms with Crippen LogP contribution in [0.5, 0.6) is 0 Å². The molecule has 106 valence electrons. The number of hydrogen-bond donors (Lipinski definition) is 2. The fraction of sp³-hybridized carbons (Fsp3) is 0.857. The Morgan fingerprint density at radius 3 is 1.89 bits per heavy atom. The molecule has 0 aromatic carbocycles. The van der Waals surface area contributed by atoms with Crippen LogP contribution in [0, 0.1) is 17.8 Å². The first-order chi connectivity index (χ1) is 8.18. The topological polar surface area (TPSA) is 72.2 Å². The second-order valence-electron chi connectivity index (χ2n) is 5.76. The molecule has 0 saturated heterocycles. The predicted molar refractivity (Wildman–Crippen MR) is 74.3 cm³/mol. The van der Waals surface area contributed by atoms with Crippen molar-refractivity contribution in [2.24, 2.45) is 23.5 Å². The first-order valence-electron chi connectivity index (χ1n) is 6.74. The normalized spacial score (nSPS) is 16.7. The maximum Gasteiger partial charge on any atom is 0.153 e. The molecule has 0 aromatic rings. The van der Waals surface area contributed by atoms with E-state index >= 15 is 0 Å². The van der Waals surface area contributed by atoms with Gasteiger partial charge in [0.1, 0.15) is 0 Å². The van der Waals surface area contributed by atoms with Crippen LogP contribution >= 0.6 is 0 Å². The van der Waals surface area contributed by atoms with Gasteiger partial charge in [-0.1, -0.05) is 34.6 Å². The Kier molecular flexibility index (Phi) is 7.33. The van der Waals surface area contributed by atoms with Crippen molar-refractivity contribution in [1.82, 2.24) is 5.32 Å². The standard InChI is InChI=1S/C14H28N2O2/c1-8(2)12(15)14(18)10(5)7-16-11(6)13(17)9(3)4/h8-12,16H,7,15H2,1-6H3/t10?,11-,12-/m0/s1. The Labute approximate surface area is 111 Å². The van der Waals surface area contributed by atoms with Crippen molar-refractivity contribution in [3.8, 4) is 0 Å². The van der Waals surface area contributed by atoms with Gasteiger partial charge >= 0.3 is 0 Å². The van der Waals surface area contributed by atoms with Crippen LogP contribution in [0.4, 0.5) is 0 Å². The van der Waals surface area contributed by atoms with E-state index in [0.717, 1.165) is 0 Å². The fourth-order valence-corrected chi connectivity index (χ4v) is 1.71. The van der Waals surface area contributed by atoms with Gasteiger partial charge in [-0.25, -0.2) is 0 Å². The van der Waals surface area contributed by atoms with Gasteiger partial charge in [0.15, 0.2) is 11.6 Å². The molecule has 0 aromatic heterocycles. The molecule has 0 aliphatic carbocycles. The highest BCUT2D eigenvalue weighted by Crippen LogP contribution is 2.07. The smallest absolute Gasteiger partial charge is 0.153 e. The summed E-state index contributed by atoms with van der Waals surface area (Å²) in [5.74, 6) is 0.223. The average molecular weight is 256 g/mol. The number of rotatable bonds is 8. The van der Waals surface area contributed by atoms with Gasteiger partial charge in [0.25, 0.3) is 0 Å². The molecule has 3 atom stereocenters. The minimum atomic E-state index is -0.419. The summed E-state index contributed by atoms with van der Waals surface area (Å²) in [6.45, 7) is 11.8. The summed E-state index contributed by atoms with van der Waals surface area (Å²) < 4.78 is 0. The van der Waals surface area contributed by atoms with E-state index in [4.69, 9.17) is 5.73 Å². The van der Waals surface area contributed by atoms with Gasteiger partial charge in [-0.2, -0.15) is 0 Å². The Morgan fingerprint density at radius 2 is 1.50 bits per heavy atom. The zero-order valence-corrected chi connectivity index (χ0v) is 12.5. The molecule has 0 saturated carbocycles. The molecule has 0 aliphatic heterocycles. The lowest BCUT2D eigenvalue weighted by atomic mass is 9.92. The van der Waals surface area contributed by atoms with Gasteiger partial charge in [0.05, 0.1) is 12.1 Å². The third kappa shape index (κ3) is 5.27. The molecule has 0 spiro atoms. The lowest BCUT2D eigenvalue weighted by molar-refractivity contribution is -0.126. The van der Waals surface area contributed by atoms with E-state index in [1.54, 1.807) is 0 Å². The van der Waals surface area contributed by atoms with Crippen LogP contribution in [0.1, 0.15) is 41.5 Å². The summed E-state index contributed by atoms with van der Waals surface area (Å²) in [4.78, 5) is 23.6. The largest absolute Gasteiger partial charge is 0.321 e. The average Bonchev–Trinajstić information content (AvgIpc) is 2.32. The zero-order valence-electron chi connectivity index (χ0n) is 12.5. The van der Waals surface area contributed by atoms with Crippen molar-refractivity contribution in [2.45, 2.75) is 53.6 Å². The van der Waals surface area contributed by atoms with E-state index in [1.165, 1.54) is 0 Å². The van der Waals surface area contributed by atoms with Crippen LogP contribution in [0.25, 0.3) is 0 Å². The van der Waals surface area contributed by atoms with Gasteiger partial charge in [-0.15, -0.1) is 0 Å². The highest BCUT2D eigenvalue weighted by Gasteiger charge is 2.24. The lowest BCUT2D eigenvalue weighted by Crippen LogP contribution is -2.45. The summed E-state index contributed by atoms with van der Waals surface area (Å²) >= 11 is 0. The molecule has 0 radical (unpaired) electrons. The molecule has 0 fully saturated rings. The molecule has 18 heavy (non-hydrogen) atoms. The SMILES string of the molecule is CC(C)C(=O)[C@H](C)NCC(C)C(=O)[C@@H](N)C(C)C. The Morgan fingerprint density at radius 1 is 1.00 bits per heavy atom. The Hall–Kier alpha value is -0.740. The maximum absolute atomic E-state index is 12.0. The summed E-state index contributed by atoms with van der Waals surface area (Å²) in [5.41, 5.74) is 5.83. The van der Waals surface area contributed by atoms with E-state index in [0.29, 0.717) is 6.54 Å². The number of ketones is 2. The Bertz CT molecular complexity index is 288. The van der Waals surface area contributed by atoms with Crippen LogP contribution in [-0.4, -0.2) is 30.2 Å². The van der Waals surface area contributed by atoms with Crippen molar-refractivity contribution in [1.29, 1.82) is 0 Å². The number of carbonyl (C=O) groups is 2. The first-order valence-corrected chi connectivity index (χ1v) is 6.74. The molecule has 3 N–H and O–H groups in total. The molecular formula is C14H28N2O2. The molecule has 4 heteroatoms. The summed E-state index contributed by atoms with van der Waals surface area (Å²) in [7, 11) is 0. The molecule has 0 heterocycles. The highest BCUT2D eigenvalue weighted by atomic mass is 16.1. The van der Waals surface area contributed by atoms with Crippen molar-refractivity contribution in [2.75, 3.05) is 6.54 Å². The number of nitrogens with two attached hydrogens (primary N) is 1. The van der Waals surface area contributed by atoms with Crippen molar-refractivity contribution in [3.05, 3.63) is 0 Å². The van der Waals surface area contributed by atoms with Crippen molar-refractivity contribution < 1.29 is 9.59 Å². The predicted octanol–water partition coefficient (Wildman–Crippen LogP) is 1.38.